The van der Waals surface area contributed by atoms with Crippen molar-refractivity contribution in [2.24, 2.45) is 4.99 Å². The van der Waals surface area contributed by atoms with Gasteiger partial charge in [-0.25, -0.2) is 9.97 Å². The van der Waals surface area contributed by atoms with Gasteiger partial charge in [0.2, 0.25) is 5.95 Å². The number of aryl methyl sites for hydroxylation is 1. The van der Waals surface area contributed by atoms with E-state index in [9.17, 15) is 4.79 Å². The molecule has 2 unspecified atom stereocenters. The third kappa shape index (κ3) is 6.06. The van der Waals surface area contributed by atoms with Gasteiger partial charge in [-0.3, -0.25) is 14.4 Å². The lowest BCUT2D eigenvalue weighted by atomic mass is 9.98. The van der Waals surface area contributed by atoms with E-state index in [-0.39, 0.29) is 17.0 Å². The van der Waals surface area contributed by atoms with E-state index in [2.05, 4.69) is 31.7 Å². The number of pyridine rings is 1. The highest BCUT2D eigenvalue weighted by Crippen LogP contribution is 2.30. The van der Waals surface area contributed by atoms with Crippen molar-refractivity contribution in [3.8, 4) is 27.4 Å². The molecule has 2 aromatic carbocycles. The van der Waals surface area contributed by atoms with Crippen molar-refractivity contribution in [1.82, 2.24) is 24.8 Å². The smallest absolute Gasteiger partial charge is 0.260 e. The monoisotopic (exact) mass is 609 g/mol. The number of nitrogens with zero attached hydrogens (tertiary/aromatic N) is 5. The normalized spacial score (nSPS) is 18.3. The fourth-order valence-electron chi connectivity index (χ4n) is 5.52. The lowest BCUT2D eigenvalue weighted by Gasteiger charge is -2.24. The van der Waals surface area contributed by atoms with E-state index in [1.54, 1.807) is 40.1 Å². The number of aliphatic imine (C=N–C) groups is 1. The molecule has 0 spiro atoms. The van der Waals surface area contributed by atoms with Crippen LogP contribution in [0.3, 0.4) is 0 Å². The van der Waals surface area contributed by atoms with Gasteiger partial charge in [0.05, 0.1) is 6.54 Å². The fraction of sp³-hybridized carbons (Fsp3) is 0.281. The third-order valence-electron chi connectivity index (χ3n) is 7.66. The first-order valence-corrected chi connectivity index (χ1v) is 16.3. The molecule has 0 radical (unpaired) electrons. The maximum atomic E-state index is 14.1. The second-order valence-corrected chi connectivity index (χ2v) is 12.8. The molecule has 0 aliphatic carbocycles. The Kier molecular flexibility index (Phi) is 7.92. The summed E-state index contributed by atoms with van der Waals surface area (Å²) in [5, 5.41) is 10.4. The molecule has 11 heteroatoms. The number of rotatable bonds is 8. The summed E-state index contributed by atoms with van der Waals surface area (Å²) in [6.45, 7) is 4.38. The van der Waals surface area contributed by atoms with Crippen molar-refractivity contribution in [2.45, 2.75) is 37.8 Å². The number of anilines is 2. The van der Waals surface area contributed by atoms with Gasteiger partial charge in [-0.1, -0.05) is 12.1 Å². The molecule has 0 bridgehead atoms. The van der Waals surface area contributed by atoms with E-state index in [1.807, 2.05) is 61.0 Å². The van der Waals surface area contributed by atoms with Gasteiger partial charge >= 0.3 is 0 Å². The van der Waals surface area contributed by atoms with Crippen LogP contribution < -0.4 is 20.9 Å². The molecule has 2 aliphatic heterocycles. The Morgan fingerprint density at radius 2 is 2.02 bits per heavy atom. The van der Waals surface area contributed by atoms with E-state index in [0.29, 0.717) is 23.7 Å². The summed E-state index contributed by atoms with van der Waals surface area (Å²) in [4.78, 5) is 32.5. The maximum Gasteiger partial charge on any atom is 0.260 e. The van der Waals surface area contributed by atoms with Crippen LogP contribution >= 0.6 is 23.1 Å². The number of thioether (sulfide) groups is 1. The van der Waals surface area contributed by atoms with Crippen LogP contribution in [0.15, 0.2) is 76.1 Å². The van der Waals surface area contributed by atoms with Gasteiger partial charge in [-0.15, -0.1) is 23.1 Å². The SMILES string of the molecule is Cc1cc(-c2nccs2)ccc1-c1cc2cnc(Nc3ccc(OC4CCCNC4)cc3)nc2n(CC2N=CCS2)c1=O. The molecule has 2 atom stereocenters. The summed E-state index contributed by atoms with van der Waals surface area (Å²) in [6, 6.07) is 15.9. The number of nitrogens with one attached hydrogen (secondary N) is 2. The standard InChI is InChI=1S/C32H31N7O2S2/c1-20-15-21(30-35-12-14-43-30)4-9-26(20)27-16-22-17-36-32(38-29(22)39(31(27)40)19-28-34-11-13-42-28)37-23-5-7-24(8-6-23)41-25-3-2-10-33-18-25/h4-9,11-12,14-17,25,28,33H,2-3,10,13,18-19H2,1H3,(H,36,37,38). The van der Waals surface area contributed by atoms with Gasteiger partial charge in [0, 0.05) is 58.5 Å². The summed E-state index contributed by atoms with van der Waals surface area (Å²) in [5.41, 5.74) is 4.88. The first kappa shape index (κ1) is 27.8. The minimum Gasteiger partial charge on any atom is -0.489 e. The zero-order valence-electron chi connectivity index (χ0n) is 23.7. The Bertz CT molecular complexity index is 1830. The van der Waals surface area contributed by atoms with Crippen LogP contribution in [0.4, 0.5) is 11.6 Å². The minimum absolute atomic E-state index is 0.0391. The number of thiazole rings is 1. The molecule has 9 nitrogen and oxygen atoms in total. The number of benzene rings is 2. The van der Waals surface area contributed by atoms with Gasteiger partial charge in [0.25, 0.3) is 5.56 Å². The van der Waals surface area contributed by atoms with Crippen LogP contribution in [-0.2, 0) is 6.54 Å². The van der Waals surface area contributed by atoms with Crippen LogP contribution in [0.5, 0.6) is 5.75 Å². The number of ether oxygens (including phenoxy) is 1. The van der Waals surface area contributed by atoms with Gasteiger partial charge in [-0.05, 0) is 73.8 Å². The Balaban J connectivity index is 1.21. The first-order valence-electron chi connectivity index (χ1n) is 14.4. The number of hydrogen-bond acceptors (Lipinski definition) is 10. The average Bonchev–Trinajstić information content (AvgIpc) is 3.76. The van der Waals surface area contributed by atoms with Crippen LogP contribution in [-0.4, -0.2) is 56.1 Å². The quantitative estimate of drug-likeness (QED) is 0.224. The van der Waals surface area contributed by atoms with Gasteiger partial charge in [0.15, 0.2) is 0 Å². The molecule has 43 heavy (non-hydrogen) atoms. The number of aromatic nitrogens is 4. The minimum atomic E-state index is -0.0938. The summed E-state index contributed by atoms with van der Waals surface area (Å²) < 4.78 is 7.87. The van der Waals surface area contributed by atoms with Crippen molar-refractivity contribution in [3.05, 3.63) is 82.2 Å². The zero-order valence-corrected chi connectivity index (χ0v) is 25.3. The van der Waals surface area contributed by atoms with Crippen molar-refractivity contribution < 1.29 is 4.74 Å². The molecule has 0 saturated carbocycles. The molecular weight excluding hydrogens is 579 g/mol. The van der Waals surface area contributed by atoms with Gasteiger partial charge in [-0.2, -0.15) is 4.98 Å². The predicted molar refractivity (Wildman–Crippen MR) is 176 cm³/mol. The van der Waals surface area contributed by atoms with Crippen molar-refractivity contribution in [1.29, 1.82) is 0 Å². The average molecular weight is 610 g/mol. The Labute approximate surface area is 257 Å². The van der Waals surface area contributed by atoms with Crippen molar-refractivity contribution in [2.75, 3.05) is 24.2 Å². The highest BCUT2D eigenvalue weighted by Gasteiger charge is 2.20. The summed E-state index contributed by atoms with van der Waals surface area (Å²) in [6.07, 6.45) is 7.87. The van der Waals surface area contributed by atoms with Crippen LogP contribution in [0.1, 0.15) is 18.4 Å². The molecule has 0 amide bonds. The second-order valence-electron chi connectivity index (χ2n) is 10.7. The van der Waals surface area contributed by atoms with E-state index < -0.39 is 0 Å². The largest absolute Gasteiger partial charge is 0.489 e. The number of fused-ring (bicyclic) bond motifs is 1. The molecule has 5 heterocycles. The number of hydrogen-bond donors (Lipinski definition) is 2. The molecule has 2 aliphatic rings. The van der Waals surface area contributed by atoms with Gasteiger partial charge < -0.3 is 15.4 Å². The van der Waals surface area contributed by atoms with Crippen molar-refractivity contribution >= 4 is 52.0 Å². The van der Waals surface area contributed by atoms with E-state index >= 15 is 0 Å². The maximum absolute atomic E-state index is 14.1. The molecule has 7 rings (SSSR count). The predicted octanol–water partition coefficient (Wildman–Crippen LogP) is 5.91. The molecule has 218 valence electrons. The topological polar surface area (TPSA) is 106 Å². The van der Waals surface area contributed by atoms with Crippen LogP contribution in [0.2, 0.25) is 0 Å². The highest BCUT2D eigenvalue weighted by atomic mass is 32.2. The lowest BCUT2D eigenvalue weighted by molar-refractivity contribution is 0.167. The lowest BCUT2D eigenvalue weighted by Crippen LogP contribution is -2.37. The molecule has 1 saturated heterocycles. The molecule has 3 aromatic heterocycles. The Morgan fingerprint density at radius 1 is 1.12 bits per heavy atom. The molecular formula is C32H31N7O2S2. The van der Waals surface area contributed by atoms with E-state index in [1.165, 1.54) is 0 Å². The van der Waals surface area contributed by atoms with Gasteiger partial charge in [0.1, 0.15) is 27.9 Å². The molecule has 1 fully saturated rings. The Morgan fingerprint density at radius 3 is 2.77 bits per heavy atom. The van der Waals surface area contributed by atoms with E-state index in [0.717, 1.165) is 70.2 Å². The zero-order chi connectivity index (χ0) is 29.2. The Hall–Kier alpha value is -4.06. The summed E-state index contributed by atoms with van der Waals surface area (Å²) in [5.74, 6) is 2.10. The summed E-state index contributed by atoms with van der Waals surface area (Å²) in [7, 11) is 0. The van der Waals surface area contributed by atoms with E-state index in [4.69, 9.17) is 9.72 Å². The van der Waals surface area contributed by atoms with Crippen LogP contribution in [0.25, 0.3) is 32.7 Å². The molecule has 2 N–H and O–H groups in total. The third-order valence-corrected chi connectivity index (χ3v) is 9.48. The second kappa shape index (κ2) is 12.3. The highest BCUT2D eigenvalue weighted by molar-refractivity contribution is 8.00. The van der Waals surface area contributed by atoms with Crippen LogP contribution in [0, 0.1) is 6.92 Å². The summed E-state index contributed by atoms with van der Waals surface area (Å²) >= 11 is 3.31. The first-order chi connectivity index (χ1) is 21.1. The fourth-order valence-corrected chi connectivity index (χ4v) is 6.98. The number of piperidine rings is 1. The molecule has 5 aromatic rings. The van der Waals surface area contributed by atoms with Crippen molar-refractivity contribution in [3.63, 3.8) is 0 Å².